The van der Waals surface area contributed by atoms with Gasteiger partial charge in [0.15, 0.2) is 5.78 Å². The van der Waals surface area contributed by atoms with Gasteiger partial charge in [-0.1, -0.05) is 38.4 Å². The number of nitrogens with one attached hydrogen (secondary N) is 1. The van der Waals surface area contributed by atoms with E-state index < -0.39 is 0 Å². The summed E-state index contributed by atoms with van der Waals surface area (Å²) < 4.78 is 0. The van der Waals surface area contributed by atoms with Crippen molar-refractivity contribution in [3.05, 3.63) is 11.6 Å². The number of oxime groups is 1. The Morgan fingerprint density at radius 2 is 1.86 bits per heavy atom. The van der Waals surface area contributed by atoms with Crippen LogP contribution in [0.15, 0.2) is 16.8 Å². The number of ketones is 1. The maximum absolute atomic E-state index is 12.9. The zero-order chi connectivity index (χ0) is 27.0. The number of hydrogen-bond donors (Lipinski definition) is 1. The molecule has 208 valence electrons. The molecule has 4 rings (SSSR count). The molecule has 0 aromatic carbocycles. The van der Waals surface area contributed by atoms with Crippen molar-refractivity contribution in [3.63, 3.8) is 0 Å². The third kappa shape index (κ3) is 5.55. The van der Waals surface area contributed by atoms with Crippen molar-refractivity contribution in [1.82, 2.24) is 10.2 Å². The first-order valence-corrected chi connectivity index (χ1v) is 14.9. The standard InChI is InChI=1S/C31H51N3O3/c1-20(2)19-32-16-17-34(21(3)4)29(36)37-33-22(5)26-10-11-27-25-9-8-23-18-24(35)12-14-30(23,6)28(25)13-15-31(26,27)7/h18,20-21,25-28,32H,8-17,19H2,1-7H3/b33-22+/t25-,26+,27-,28-,30-,31+/m0/s1. The third-order valence-electron chi connectivity index (χ3n) is 10.7. The number of amides is 1. The minimum Gasteiger partial charge on any atom is -0.315 e. The minimum atomic E-state index is -0.351. The van der Waals surface area contributed by atoms with Crippen LogP contribution in [0.25, 0.3) is 0 Å². The Bertz CT molecular complexity index is 925. The summed E-state index contributed by atoms with van der Waals surface area (Å²) >= 11 is 0. The van der Waals surface area contributed by atoms with Gasteiger partial charge in [0, 0.05) is 31.5 Å². The average molecular weight is 514 g/mol. The largest absolute Gasteiger partial charge is 0.436 e. The number of nitrogens with zero attached hydrogens (tertiary/aromatic N) is 2. The summed E-state index contributed by atoms with van der Waals surface area (Å²) in [6.07, 6.45) is 10.5. The smallest absolute Gasteiger partial charge is 0.315 e. The van der Waals surface area contributed by atoms with Crippen molar-refractivity contribution in [1.29, 1.82) is 0 Å². The van der Waals surface area contributed by atoms with Crippen LogP contribution in [0.4, 0.5) is 4.79 Å². The first-order chi connectivity index (χ1) is 17.5. The summed E-state index contributed by atoms with van der Waals surface area (Å²) in [6, 6.07) is 0.0641. The highest BCUT2D eigenvalue weighted by molar-refractivity contribution is 5.91. The second-order valence-electron chi connectivity index (χ2n) is 13.6. The molecule has 6 nitrogen and oxygen atoms in total. The SMILES string of the molecule is C/C(=N\OC(=O)N(CCNCC(C)C)C(C)C)[C@H]1CC[C@H]2[C@@H]3CCC4=CC(=O)CC[C@]4(C)[C@H]3CC[C@]12C. The molecule has 37 heavy (non-hydrogen) atoms. The summed E-state index contributed by atoms with van der Waals surface area (Å²) in [5, 5.41) is 7.86. The molecular weight excluding hydrogens is 462 g/mol. The van der Waals surface area contributed by atoms with Gasteiger partial charge in [-0.05, 0) is 113 Å². The summed E-state index contributed by atoms with van der Waals surface area (Å²) in [7, 11) is 0. The van der Waals surface area contributed by atoms with E-state index in [4.69, 9.17) is 4.84 Å². The van der Waals surface area contributed by atoms with Crippen LogP contribution in [0.2, 0.25) is 0 Å². The number of allylic oxidation sites excluding steroid dienone is 1. The maximum Gasteiger partial charge on any atom is 0.436 e. The molecule has 0 spiro atoms. The Morgan fingerprint density at radius 1 is 1.11 bits per heavy atom. The molecule has 0 aliphatic heterocycles. The van der Waals surface area contributed by atoms with Crippen molar-refractivity contribution in [2.45, 2.75) is 106 Å². The van der Waals surface area contributed by atoms with Gasteiger partial charge in [0.2, 0.25) is 0 Å². The lowest BCUT2D eigenvalue weighted by atomic mass is 9.46. The Morgan fingerprint density at radius 3 is 2.57 bits per heavy atom. The van der Waals surface area contributed by atoms with Crippen molar-refractivity contribution in [2.75, 3.05) is 19.6 Å². The topological polar surface area (TPSA) is 71.0 Å². The highest BCUT2D eigenvalue weighted by Gasteiger charge is 2.59. The molecule has 0 heterocycles. The number of carbonyl (C=O) groups excluding carboxylic acids is 2. The maximum atomic E-state index is 12.9. The molecule has 0 saturated heterocycles. The predicted octanol–water partition coefficient (Wildman–Crippen LogP) is 6.60. The number of rotatable bonds is 8. The van der Waals surface area contributed by atoms with Gasteiger partial charge in [-0.25, -0.2) is 4.79 Å². The van der Waals surface area contributed by atoms with E-state index in [0.717, 1.165) is 44.0 Å². The molecule has 1 N–H and O–H groups in total. The van der Waals surface area contributed by atoms with Crippen molar-refractivity contribution < 1.29 is 14.4 Å². The van der Waals surface area contributed by atoms with Crippen LogP contribution < -0.4 is 5.32 Å². The summed E-state index contributed by atoms with van der Waals surface area (Å²) in [4.78, 5) is 32.3. The molecule has 6 heteroatoms. The quantitative estimate of drug-likeness (QED) is 0.172. The molecule has 0 bridgehead atoms. The van der Waals surface area contributed by atoms with E-state index in [9.17, 15) is 9.59 Å². The monoisotopic (exact) mass is 513 g/mol. The molecular formula is C31H51N3O3. The van der Waals surface area contributed by atoms with Crippen LogP contribution in [0, 0.1) is 40.4 Å². The van der Waals surface area contributed by atoms with Crippen LogP contribution in [-0.4, -0.2) is 48.2 Å². The summed E-state index contributed by atoms with van der Waals surface area (Å²) in [5.74, 6) is 3.38. The van der Waals surface area contributed by atoms with Crippen LogP contribution >= 0.6 is 0 Å². The number of carbonyl (C=O) groups is 2. The summed E-state index contributed by atoms with van der Waals surface area (Å²) in [6.45, 7) is 17.7. The van der Waals surface area contributed by atoms with Gasteiger partial charge in [0.05, 0.1) is 5.71 Å². The van der Waals surface area contributed by atoms with E-state index in [1.807, 2.05) is 19.9 Å². The molecule has 3 fully saturated rings. The lowest BCUT2D eigenvalue weighted by Crippen LogP contribution is -2.51. The molecule has 0 unspecified atom stereocenters. The second-order valence-corrected chi connectivity index (χ2v) is 13.6. The normalized spacial score (nSPS) is 35.6. The second kappa shape index (κ2) is 11.2. The van der Waals surface area contributed by atoms with Crippen LogP contribution in [-0.2, 0) is 9.63 Å². The summed E-state index contributed by atoms with van der Waals surface area (Å²) in [5.41, 5.74) is 2.83. The lowest BCUT2D eigenvalue weighted by Gasteiger charge is -2.58. The highest BCUT2D eigenvalue weighted by Crippen LogP contribution is 2.66. The van der Waals surface area contributed by atoms with Gasteiger partial charge < -0.3 is 10.2 Å². The minimum absolute atomic E-state index is 0.0641. The zero-order valence-electron chi connectivity index (χ0n) is 24.4. The Labute approximate surface area is 225 Å². The van der Waals surface area contributed by atoms with Gasteiger partial charge in [-0.15, -0.1) is 0 Å². The van der Waals surface area contributed by atoms with Gasteiger partial charge in [-0.3, -0.25) is 9.63 Å². The molecule has 1 amide bonds. The Kier molecular flexibility index (Phi) is 8.57. The zero-order valence-corrected chi connectivity index (χ0v) is 24.4. The lowest BCUT2D eigenvalue weighted by molar-refractivity contribution is -0.117. The molecule has 6 atom stereocenters. The van der Waals surface area contributed by atoms with Crippen LogP contribution in [0.1, 0.15) is 99.8 Å². The van der Waals surface area contributed by atoms with Crippen molar-refractivity contribution in [3.8, 4) is 0 Å². The predicted molar refractivity (Wildman–Crippen MR) is 149 cm³/mol. The van der Waals surface area contributed by atoms with Crippen molar-refractivity contribution >= 4 is 17.6 Å². The molecule has 4 aliphatic rings. The third-order valence-corrected chi connectivity index (χ3v) is 10.7. The van der Waals surface area contributed by atoms with Gasteiger partial charge in [-0.2, -0.15) is 0 Å². The van der Waals surface area contributed by atoms with E-state index >= 15 is 0 Å². The van der Waals surface area contributed by atoms with E-state index in [-0.39, 0.29) is 23.0 Å². The molecule has 0 radical (unpaired) electrons. The van der Waals surface area contributed by atoms with E-state index in [2.05, 4.69) is 45.1 Å². The van der Waals surface area contributed by atoms with Crippen LogP contribution in [0.5, 0.6) is 0 Å². The Balaban J connectivity index is 1.40. The fraction of sp³-hybridized carbons (Fsp3) is 0.839. The fourth-order valence-corrected chi connectivity index (χ4v) is 8.62. The highest BCUT2D eigenvalue weighted by atomic mass is 16.7. The van der Waals surface area contributed by atoms with Gasteiger partial charge in [0.1, 0.15) is 0 Å². The number of fused-ring (bicyclic) bond motifs is 5. The Hall–Kier alpha value is -1.69. The van der Waals surface area contributed by atoms with E-state index in [1.165, 1.54) is 31.3 Å². The molecule has 0 aromatic rings. The number of hydrogen-bond acceptors (Lipinski definition) is 5. The first kappa shape index (κ1) is 28.3. The molecule has 0 aromatic heterocycles. The van der Waals surface area contributed by atoms with Gasteiger partial charge in [0.25, 0.3) is 0 Å². The average Bonchev–Trinajstić information content (AvgIpc) is 3.19. The molecule has 3 saturated carbocycles. The van der Waals surface area contributed by atoms with Crippen molar-refractivity contribution in [2.24, 2.45) is 45.6 Å². The van der Waals surface area contributed by atoms with E-state index in [0.29, 0.717) is 42.4 Å². The fourth-order valence-electron chi connectivity index (χ4n) is 8.62. The van der Waals surface area contributed by atoms with E-state index in [1.54, 1.807) is 4.90 Å². The first-order valence-electron chi connectivity index (χ1n) is 14.9. The van der Waals surface area contributed by atoms with Gasteiger partial charge >= 0.3 is 6.09 Å². The molecule has 4 aliphatic carbocycles. The van der Waals surface area contributed by atoms with Crippen LogP contribution in [0.3, 0.4) is 0 Å².